The molecule has 1 aliphatic heterocycles. The molecule has 1 saturated heterocycles. The highest BCUT2D eigenvalue weighted by Gasteiger charge is 2.31. The van der Waals surface area contributed by atoms with E-state index in [0.717, 1.165) is 54.7 Å². The third kappa shape index (κ3) is 9.24. The number of nitrogens with two attached hydrogens (primary N) is 1. The molecule has 2 N–H and O–H groups in total. The summed E-state index contributed by atoms with van der Waals surface area (Å²) in [6, 6.07) is 18.2. The van der Waals surface area contributed by atoms with E-state index >= 15 is 0 Å². The van der Waals surface area contributed by atoms with Gasteiger partial charge in [0.25, 0.3) is 0 Å². The lowest BCUT2D eigenvalue weighted by Gasteiger charge is -2.31. The van der Waals surface area contributed by atoms with E-state index in [1.807, 2.05) is 23.1 Å². The van der Waals surface area contributed by atoms with Gasteiger partial charge in [0, 0.05) is 29.8 Å². The second kappa shape index (κ2) is 14.8. The van der Waals surface area contributed by atoms with E-state index in [0.29, 0.717) is 16.4 Å². The average Bonchev–Trinajstić information content (AvgIpc) is 3.00. The molecule has 1 aliphatic rings. The van der Waals surface area contributed by atoms with Crippen molar-refractivity contribution in [1.29, 1.82) is 0 Å². The Bertz CT molecular complexity index is 1550. The Labute approximate surface area is 256 Å². The van der Waals surface area contributed by atoms with Crippen molar-refractivity contribution in [2.75, 3.05) is 17.2 Å². The van der Waals surface area contributed by atoms with Gasteiger partial charge in [-0.2, -0.15) is 4.99 Å². The van der Waals surface area contributed by atoms with Gasteiger partial charge in [-0.05, 0) is 53.8 Å². The van der Waals surface area contributed by atoms with Gasteiger partial charge in [-0.15, -0.1) is 13.2 Å². The minimum absolute atomic E-state index is 0.0842. The minimum Gasteiger partial charge on any atom is -0.406 e. The van der Waals surface area contributed by atoms with Crippen LogP contribution in [0.2, 0.25) is 0 Å². The molecule has 8 nitrogen and oxygen atoms in total. The maximum atomic E-state index is 14.9. The third-order valence-corrected chi connectivity index (χ3v) is 7.41. The van der Waals surface area contributed by atoms with Crippen molar-refractivity contribution in [2.45, 2.75) is 38.7 Å². The lowest BCUT2D eigenvalue weighted by Crippen LogP contribution is -2.35. The third-order valence-electron chi connectivity index (χ3n) is 6.34. The number of alkyl halides is 4. The van der Waals surface area contributed by atoms with E-state index in [4.69, 9.17) is 5.73 Å². The number of amides is 2. The first-order chi connectivity index (χ1) is 21.0. The fourth-order valence-electron chi connectivity index (χ4n) is 4.23. The van der Waals surface area contributed by atoms with Crippen molar-refractivity contribution < 1.29 is 27.1 Å². The van der Waals surface area contributed by atoms with Gasteiger partial charge in [0.1, 0.15) is 17.9 Å². The zero-order valence-electron chi connectivity index (χ0n) is 23.9. The van der Waals surface area contributed by atoms with E-state index in [1.54, 1.807) is 12.1 Å². The van der Waals surface area contributed by atoms with Crippen LogP contribution in [0.15, 0.2) is 92.8 Å². The molecule has 3 aromatic carbocycles. The van der Waals surface area contributed by atoms with Gasteiger partial charge in [0.15, 0.2) is 11.3 Å². The van der Waals surface area contributed by atoms with E-state index < -0.39 is 18.6 Å². The first-order valence-electron chi connectivity index (χ1n) is 13.6. The highest BCUT2D eigenvalue weighted by Crippen LogP contribution is 2.32. The second-order valence-corrected chi connectivity index (χ2v) is 10.9. The largest absolute Gasteiger partial charge is 0.573 e. The first kappa shape index (κ1) is 32.4. The van der Waals surface area contributed by atoms with Crippen molar-refractivity contribution in [2.24, 2.45) is 25.7 Å². The van der Waals surface area contributed by atoms with E-state index in [-0.39, 0.29) is 23.1 Å². The van der Waals surface area contributed by atoms with Gasteiger partial charge in [-0.25, -0.2) is 24.2 Å². The normalized spacial score (nSPS) is 16.3. The Hall–Kier alpha value is -4.52. The number of anilines is 1. The summed E-state index contributed by atoms with van der Waals surface area (Å²) < 4.78 is 55.5. The number of para-hydroxylation sites is 1. The summed E-state index contributed by atoms with van der Waals surface area (Å²) >= 11 is 1.47. The van der Waals surface area contributed by atoms with Crippen LogP contribution in [0, 0.1) is 0 Å². The lowest BCUT2D eigenvalue weighted by atomic mass is 10.0. The number of benzene rings is 3. The monoisotopic (exact) mass is 626 g/mol. The Morgan fingerprint density at radius 1 is 1.05 bits per heavy atom. The molecule has 1 atom stereocenters. The maximum absolute atomic E-state index is 14.9. The number of carbonyl (C=O) groups excluding carboxylic acids is 1. The molecule has 2 amide bonds. The Balaban J connectivity index is 1.37. The molecule has 13 heteroatoms. The second-order valence-electron chi connectivity index (χ2n) is 9.85. The van der Waals surface area contributed by atoms with Gasteiger partial charge in [-0.1, -0.05) is 68.1 Å². The van der Waals surface area contributed by atoms with Crippen LogP contribution in [0.3, 0.4) is 0 Å². The molecular weight excluding hydrogens is 596 g/mol. The number of urea groups is 1. The standard InChI is InChI=1S/C31H30F4N6O2S/c1-20(2)25-6-3-4-7-27(25)41-16-5-17-44-30(41)40-29(42)37-18-26(32)21-8-10-22(11-9-21)28(36)39-19-38-23-12-14-24(15-13-23)43-31(33,34)35/h3-4,6-15,18-20,26H,5,16-17H2,1-2H3,(H2,36,38,39). The molecule has 230 valence electrons. The number of thioether (sulfide) groups is 1. The van der Waals surface area contributed by atoms with Crippen molar-refractivity contribution >= 4 is 52.7 Å². The summed E-state index contributed by atoms with van der Waals surface area (Å²) in [5, 5.41) is 0.539. The van der Waals surface area contributed by atoms with Gasteiger partial charge in [0.05, 0.1) is 5.69 Å². The molecule has 4 rings (SSSR count). The van der Waals surface area contributed by atoms with Crippen molar-refractivity contribution in [3.63, 3.8) is 0 Å². The van der Waals surface area contributed by atoms with Crippen LogP contribution < -0.4 is 15.4 Å². The molecule has 0 aromatic heterocycles. The SMILES string of the molecule is CC(C)c1ccccc1N1CCCSC1=NC(=O)N=CC(F)c1ccc(C(N)=NC=Nc2ccc(OC(F)(F)F)cc2)cc1. The average molecular weight is 627 g/mol. The van der Waals surface area contributed by atoms with Gasteiger partial charge in [0.2, 0.25) is 0 Å². The number of ether oxygens (including phenoxy) is 1. The fourth-order valence-corrected chi connectivity index (χ4v) is 5.17. The van der Waals surface area contributed by atoms with Crippen LogP contribution in [0.1, 0.15) is 49.0 Å². The molecule has 0 radical (unpaired) electrons. The molecule has 1 fully saturated rings. The van der Waals surface area contributed by atoms with Crippen molar-refractivity contribution in [3.05, 3.63) is 89.5 Å². The van der Waals surface area contributed by atoms with Gasteiger partial charge >= 0.3 is 12.4 Å². The van der Waals surface area contributed by atoms with Crippen LogP contribution >= 0.6 is 11.8 Å². The number of halogens is 4. The molecule has 1 unspecified atom stereocenters. The number of carbonyl (C=O) groups is 1. The van der Waals surface area contributed by atoms with E-state index in [1.165, 1.54) is 36.0 Å². The number of hydrogen-bond acceptors (Lipinski definition) is 4. The predicted molar refractivity (Wildman–Crippen MR) is 169 cm³/mol. The predicted octanol–water partition coefficient (Wildman–Crippen LogP) is 7.97. The van der Waals surface area contributed by atoms with Crippen LogP contribution in [0.25, 0.3) is 0 Å². The molecule has 0 bridgehead atoms. The zero-order chi connectivity index (χ0) is 31.7. The van der Waals surface area contributed by atoms with E-state index in [9.17, 15) is 22.4 Å². The maximum Gasteiger partial charge on any atom is 0.573 e. The number of nitrogens with zero attached hydrogens (tertiary/aromatic N) is 5. The Morgan fingerprint density at radius 3 is 2.43 bits per heavy atom. The number of amidine groups is 2. The summed E-state index contributed by atoms with van der Waals surface area (Å²) in [4.78, 5) is 30.5. The van der Waals surface area contributed by atoms with Crippen LogP contribution in [0.5, 0.6) is 5.75 Å². The molecule has 44 heavy (non-hydrogen) atoms. The number of aliphatic imine (C=N–C) groups is 4. The summed E-state index contributed by atoms with van der Waals surface area (Å²) in [7, 11) is 0. The van der Waals surface area contributed by atoms with Crippen LogP contribution in [0.4, 0.5) is 33.7 Å². The summed E-state index contributed by atoms with van der Waals surface area (Å²) in [5.41, 5.74) is 9.19. The summed E-state index contributed by atoms with van der Waals surface area (Å²) in [5.74, 6) is 0.825. The van der Waals surface area contributed by atoms with Gasteiger partial charge < -0.3 is 15.4 Å². The minimum atomic E-state index is -4.78. The molecule has 3 aromatic rings. The lowest BCUT2D eigenvalue weighted by molar-refractivity contribution is -0.274. The van der Waals surface area contributed by atoms with Crippen molar-refractivity contribution in [1.82, 2.24) is 0 Å². The molecule has 0 spiro atoms. The number of hydrogen-bond donors (Lipinski definition) is 1. The fraction of sp³-hybridized carbons (Fsp3) is 0.258. The molecule has 0 saturated carbocycles. The molecule has 1 heterocycles. The quantitative estimate of drug-likeness (QED) is 0.155. The Morgan fingerprint density at radius 2 is 1.75 bits per heavy atom. The number of rotatable bonds is 8. The first-order valence-corrected chi connectivity index (χ1v) is 14.6. The van der Waals surface area contributed by atoms with Crippen LogP contribution in [-0.2, 0) is 0 Å². The van der Waals surface area contributed by atoms with Crippen LogP contribution in [-0.4, -0.2) is 48.2 Å². The van der Waals surface area contributed by atoms with Gasteiger partial charge in [-0.3, -0.25) is 0 Å². The Kier molecular flexibility index (Phi) is 10.9. The highest BCUT2D eigenvalue weighted by atomic mass is 32.2. The molecular formula is C31H30F4N6O2S. The zero-order valence-corrected chi connectivity index (χ0v) is 24.7. The van der Waals surface area contributed by atoms with E-state index in [2.05, 4.69) is 44.6 Å². The van der Waals surface area contributed by atoms with Crippen molar-refractivity contribution in [3.8, 4) is 5.75 Å². The smallest absolute Gasteiger partial charge is 0.406 e. The summed E-state index contributed by atoms with van der Waals surface area (Å²) in [6.45, 7) is 4.94. The topological polar surface area (TPSA) is 105 Å². The summed E-state index contributed by atoms with van der Waals surface area (Å²) in [6.07, 6.45) is -3.44. The molecule has 0 aliphatic carbocycles. The highest BCUT2D eigenvalue weighted by molar-refractivity contribution is 8.14.